The number of sulfonamides is 1. The zero-order chi connectivity index (χ0) is 21.2. The maximum atomic E-state index is 13.7. The molecular formula is C18H22F2N4O4S. The number of amides is 1. The standard InChI is InChI=1S/C18H22F2N4O4S/c1-12-18(13(2)28-22-12)29(26,27)24-7-3-6-23(8-9-24)11-17(25)21-16-5-4-14(19)10-15(16)20/h4-5,10H,3,6-9,11H2,1-2H3,(H,21,25). The molecule has 3 rings (SSSR count). The average molecular weight is 428 g/mol. The molecule has 1 aliphatic rings. The summed E-state index contributed by atoms with van der Waals surface area (Å²) in [5.41, 5.74) is 0.207. The van der Waals surface area contributed by atoms with Gasteiger partial charge in [-0.1, -0.05) is 5.16 Å². The molecule has 2 aromatic rings. The molecule has 2 heterocycles. The normalized spacial score (nSPS) is 16.6. The number of aryl methyl sites for hydroxylation is 2. The summed E-state index contributed by atoms with van der Waals surface area (Å²) >= 11 is 0. The van der Waals surface area contributed by atoms with E-state index in [0.29, 0.717) is 37.8 Å². The van der Waals surface area contributed by atoms with Crippen LogP contribution in [0.25, 0.3) is 0 Å². The molecule has 1 aromatic heterocycles. The lowest BCUT2D eigenvalue weighted by atomic mass is 10.3. The van der Waals surface area contributed by atoms with Crippen LogP contribution in [0.4, 0.5) is 14.5 Å². The topological polar surface area (TPSA) is 95.8 Å². The monoisotopic (exact) mass is 428 g/mol. The Hall–Kier alpha value is -2.37. The number of nitrogens with zero attached hydrogens (tertiary/aromatic N) is 3. The van der Waals surface area contributed by atoms with Gasteiger partial charge in [0, 0.05) is 25.7 Å². The van der Waals surface area contributed by atoms with E-state index in [9.17, 15) is 22.0 Å². The summed E-state index contributed by atoms with van der Waals surface area (Å²) in [6, 6.07) is 2.91. The highest BCUT2D eigenvalue weighted by Crippen LogP contribution is 2.24. The van der Waals surface area contributed by atoms with Gasteiger partial charge < -0.3 is 9.84 Å². The first-order chi connectivity index (χ1) is 13.7. The highest BCUT2D eigenvalue weighted by Gasteiger charge is 2.32. The molecule has 0 saturated carbocycles. The van der Waals surface area contributed by atoms with Crippen LogP contribution in [0.15, 0.2) is 27.6 Å². The maximum Gasteiger partial charge on any atom is 0.248 e. The Balaban J connectivity index is 1.62. The van der Waals surface area contributed by atoms with E-state index >= 15 is 0 Å². The van der Waals surface area contributed by atoms with Crippen molar-refractivity contribution < 1.29 is 26.5 Å². The number of hydrogen-bond acceptors (Lipinski definition) is 6. The lowest BCUT2D eigenvalue weighted by Gasteiger charge is -2.21. The number of carbonyl (C=O) groups is 1. The quantitative estimate of drug-likeness (QED) is 0.782. The zero-order valence-corrected chi connectivity index (χ0v) is 16.9. The first-order valence-electron chi connectivity index (χ1n) is 9.09. The molecule has 1 N–H and O–H groups in total. The van der Waals surface area contributed by atoms with Crippen molar-refractivity contribution in [3.63, 3.8) is 0 Å². The molecule has 1 fully saturated rings. The number of hydrogen-bond donors (Lipinski definition) is 1. The number of aromatic nitrogens is 1. The van der Waals surface area contributed by atoms with Crippen molar-refractivity contribution >= 4 is 21.6 Å². The fourth-order valence-corrected chi connectivity index (χ4v) is 5.06. The van der Waals surface area contributed by atoms with E-state index < -0.39 is 27.6 Å². The lowest BCUT2D eigenvalue weighted by molar-refractivity contribution is -0.117. The molecule has 0 spiro atoms. The summed E-state index contributed by atoms with van der Waals surface area (Å²) < 4.78 is 58.8. The van der Waals surface area contributed by atoms with Crippen molar-refractivity contribution in [2.45, 2.75) is 25.2 Å². The molecule has 0 aliphatic carbocycles. The van der Waals surface area contributed by atoms with Gasteiger partial charge in [-0.25, -0.2) is 17.2 Å². The smallest absolute Gasteiger partial charge is 0.248 e. The van der Waals surface area contributed by atoms with Gasteiger partial charge in [0.15, 0.2) is 5.76 Å². The highest BCUT2D eigenvalue weighted by atomic mass is 32.2. The average Bonchev–Trinajstić information content (AvgIpc) is 2.84. The van der Waals surface area contributed by atoms with Crippen LogP contribution in [0.3, 0.4) is 0 Å². The van der Waals surface area contributed by atoms with Crippen LogP contribution in [0.2, 0.25) is 0 Å². The SMILES string of the molecule is Cc1noc(C)c1S(=O)(=O)N1CCCN(CC(=O)Nc2ccc(F)cc2F)CC1. The minimum absolute atomic E-state index is 0.0317. The number of anilines is 1. The molecule has 0 atom stereocenters. The third-order valence-corrected chi connectivity index (χ3v) is 6.83. The lowest BCUT2D eigenvalue weighted by Crippen LogP contribution is -2.38. The Bertz CT molecular complexity index is 990. The molecule has 1 saturated heterocycles. The molecule has 0 bridgehead atoms. The van der Waals surface area contributed by atoms with Gasteiger partial charge >= 0.3 is 0 Å². The van der Waals surface area contributed by atoms with Crippen molar-refractivity contribution in [1.29, 1.82) is 0 Å². The molecule has 0 unspecified atom stereocenters. The summed E-state index contributed by atoms with van der Waals surface area (Å²) in [5, 5.41) is 6.12. The van der Waals surface area contributed by atoms with E-state index in [0.717, 1.165) is 12.1 Å². The second kappa shape index (κ2) is 8.56. The van der Waals surface area contributed by atoms with E-state index in [2.05, 4.69) is 10.5 Å². The molecule has 29 heavy (non-hydrogen) atoms. The van der Waals surface area contributed by atoms with Gasteiger partial charge in [-0.05, 0) is 38.9 Å². The predicted octanol–water partition coefficient (Wildman–Crippen LogP) is 1.90. The van der Waals surface area contributed by atoms with Crippen molar-refractivity contribution in [1.82, 2.24) is 14.4 Å². The van der Waals surface area contributed by atoms with Gasteiger partial charge in [-0.2, -0.15) is 4.31 Å². The van der Waals surface area contributed by atoms with Crippen LogP contribution >= 0.6 is 0 Å². The van der Waals surface area contributed by atoms with E-state index in [1.54, 1.807) is 18.7 Å². The van der Waals surface area contributed by atoms with Crippen molar-refractivity contribution in [3.8, 4) is 0 Å². The summed E-state index contributed by atoms with van der Waals surface area (Å²) in [6.45, 7) is 4.44. The minimum Gasteiger partial charge on any atom is -0.360 e. The molecule has 0 radical (unpaired) electrons. The maximum absolute atomic E-state index is 13.7. The number of rotatable bonds is 5. The van der Waals surface area contributed by atoms with Gasteiger partial charge in [0.05, 0.1) is 12.2 Å². The van der Waals surface area contributed by atoms with Gasteiger partial charge in [0.2, 0.25) is 15.9 Å². The fraction of sp³-hybridized carbons (Fsp3) is 0.444. The first-order valence-corrected chi connectivity index (χ1v) is 10.5. The highest BCUT2D eigenvalue weighted by molar-refractivity contribution is 7.89. The van der Waals surface area contributed by atoms with Gasteiger partial charge in [-0.15, -0.1) is 0 Å². The van der Waals surface area contributed by atoms with E-state index in [4.69, 9.17) is 4.52 Å². The number of halogens is 2. The van der Waals surface area contributed by atoms with Crippen molar-refractivity contribution in [2.24, 2.45) is 0 Å². The second-order valence-corrected chi connectivity index (χ2v) is 8.73. The molecule has 11 heteroatoms. The number of nitrogens with one attached hydrogen (secondary N) is 1. The third-order valence-electron chi connectivity index (χ3n) is 4.69. The Kier molecular flexibility index (Phi) is 6.30. The summed E-state index contributed by atoms with van der Waals surface area (Å²) in [6.07, 6.45) is 0.529. The summed E-state index contributed by atoms with van der Waals surface area (Å²) in [5.74, 6) is -1.81. The third kappa shape index (κ3) is 4.80. The van der Waals surface area contributed by atoms with Crippen LogP contribution in [-0.4, -0.2) is 61.4 Å². The molecular weight excluding hydrogens is 406 g/mol. The van der Waals surface area contributed by atoms with Gasteiger partial charge in [-0.3, -0.25) is 9.69 Å². The van der Waals surface area contributed by atoms with Crippen LogP contribution in [0, 0.1) is 25.5 Å². The Morgan fingerprint density at radius 1 is 1.21 bits per heavy atom. The molecule has 158 valence electrons. The van der Waals surface area contributed by atoms with Crippen LogP contribution in [-0.2, 0) is 14.8 Å². The van der Waals surface area contributed by atoms with Gasteiger partial charge in [0.25, 0.3) is 0 Å². The zero-order valence-electron chi connectivity index (χ0n) is 16.1. The first kappa shape index (κ1) is 21.3. The van der Waals surface area contributed by atoms with Crippen molar-refractivity contribution in [3.05, 3.63) is 41.3 Å². The van der Waals surface area contributed by atoms with E-state index in [-0.39, 0.29) is 29.4 Å². The largest absolute Gasteiger partial charge is 0.360 e. The minimum atomic E-state index is -3.75. The Morgan fingerprint density at radius 3 is 2.62 bits per heavy atom. The van der Waals surface area contributed by atoms with Crippen LogP contribution in [0.1, 0.15) is 17.9 Å². The van der Waals surface area contributed by atoms with Gasteiger partial charge in [0.1, 0.15) is 22.2 Å². The summed E-state index contributed by atoms with van der Waals surface area (Å²) in [7, 11) is -3.75. The summed E-state index contributed by atoms with van der Waals surface area (Å²) in [4.78, 5) is 14.1. The van der Waals surface area contributed by atoms with Crippen LogP contribution in [0.5, 0.6) is 0 Å². The van der Waals surface area contributed by atoms with E-state index in [1.807, 2.05) is 0 Å². The molecule has 8 nitrogen and oxygen atoms in total. The predicted molar refractivity (Wildman–Crippen MR) is 101 cm³/mol. The Morgan fingerprint density at radius 2 is 1.97 bits per heavy atom. The molecule has 1 aromatic carbocycles. The van der Waals surface area contributed by atoms with Crippen LogP contribution < -0.4 is 5.32 Å². The Labute approximate surface area is 167 Å². The van der Waals surface area contributed by atoms with E-state index in [1.165, 1.54) is 4.31 Å². The number of carbonyl (C=O) groups excluding carboxylic acids is 1. The molecule has 1 amide bonds. The second-order valence-electron chi connectivity index (χ2n) is 6.86. The molecule has 1 aliphatic heterocycles. The fourth-order valence-electron chi connectivity index (χ4n) is 3.30. The van der Waals surface area contributed by atoms with Crippen molar-refractivity contribution in [2.75, 3.05) is 38.0 Å². The number of benzene rings is 1.